The minimum Gasteiger partial charge on any atom is -0.370 e. The third-order valence-electron chi connectivity index (χ3n) is 4.14. The molecule has 0 amide bonds. The molecule has 1 aliphatic rings. The van der Waals surface area contributed by atoms with E-state index in [4.69, 9.17) is 5.73 Å². The number of hydrogen-bond donors (Lipinski definition) is 1. The Morgan fingerprint density at radius 3 is 2.29 bits per heavy atom. The van der Waals surface area contributed by atoms with Crippen LogP contribution < -0.4 is 5.73 Å². The SMILES string of the molecule is CC1CCN(C(N)=NCCCCCCCN(C)C)CC1.I. The van der Waals surface area contributed by atoms with Crippen molar-refractivity contribution in [3.8, 4) is 0 Å². The minimum absolute atomic E-state index is 0. The van der Waals surface area contributed by atoms with Gasteiger partial charge in [0.2, 0.25) is 0 Å². The molecule has 0 aromatic rings. The molecule has 21 heavy (non-hydrogen) atoms. The number of piperidine rings is 1. The van der Waals surface area contributed by atoms with Crippen LogP contribution in [0, 0.1) is 5.92 Å². The number of nitrogens with zero attached hydrogens (tertiary/aromatic N) is 3. The van der Waals surface area contributed by atoms with E-state index in [9.17, 15) is 0 Å². The van der Waals surface area contributed by atoms with Gasteiger partial charge in [-0.15, -0.1) is 24.0 Å². The van der Waals surface area contributed by atoms with E-state index in [-0.39, 0.29) is 24.0 Å². The molecule has 0 aliphatic carbocycles. The average molecular weight is 410 g/mol. The van der Waals surface area contributed by atoms with Crippen molar-refractivity contribution in [2.75, 3.05) is 40.3 Å². The van der Waals surface area contributed by atoms with Crippen molar-refractivity contribution in [3.05, 3.63) is 0 Å². The second-order valence-corrected chi connectivity index (χ2v) is 6.48. The van der Waals surface area contributed by atoms with Gasteiger partial charge in [-0.3, -0.25) is 4.99 Å². The van der Waals surface area contributed by atoms with E-state index in [1.165, 1.54) is 51.5 Å². The van der Waals surface area contributed by atoms with Gasteiger partial charge in [-0.2, -0.15) is 0 Å². The zero-order valence-corrected chi connectivity index (χ0v) is 16.5. The highest BCUT2D eigenvalue weighted by molar-refractivity contribution is 14.0. The minimum atomic E-state index is 0. The van der Waals surface area contributed by atoms with E-state index in [0.29, 0.717) is 0 Å². The highest BCUT2D eigenvalue weighted by atomic mass is 127. The van der Waals surface area contributed by atoms with Crippen LogP contribution in [-0.2, 0) is 0 Å². The summed E-state index contributed by atoms with van der Waals surface area (Å²) in [5, 5.41) is 0. The highest BCUT2D eigenvalue weighted by Crippen LogP contribution is 2.15. The predicted molar refractivity (Wildman–Crippen MR) is 104 cm³/mol. The van der Waals surface area contributed by atoms with Crippen molar-refractivity contribution in [1.82, 2.24) is 9.80 Å². The first-order valence-electron chi connectivity index (χ1n) is 8.29. The van der Waals surface area contributed by atoms with E-state index in [0.717, 1.165) is 31.5 Å². The summed E-state index contributed by atoms with van der Waals surface area (Å²) in [6.07, 6.45) is 8.93. The molecular weight excluding hydrogens is 375 g/mol. The van der Waals surface area contributed by atoms with Crippen LogP contribution in [0.3, 0.4) is 0 Å². The normalized spacial score (nSPS) is 17.1. The number of halogens is 1. The quantitative estimate of drug-likeness (QED) is 0.289. The van der Waals surface area contributed by atoms with Gasteiger partial charge >= 0.3 is 0 Å². The molecule has 4 nitrogen and oxygen atoms in total. The summed E-state index contributed by atoms with van der Waals surface area (Å²) in [5.41, 5.74) is 6.06. The fourth-order valence-electron chi connectivity index (χ4n) is 2.60. The second kappa shape index (κ2) is 12.5. The number of unbranched alkanes of at least 4 members (excludes halogenated alkanes) is 4. The van der Waals surface area contributed by atoms with Crippen molar-refractivity contribution in [1.29, 1.82) is 0 Å². The van der Waals surface area contributed by atoms with Gasteiger partial charge in [0, 0.05) is 19.6 Å². The van der Waals surface area contributed by atoms with Gasteiger partial charge in [0.1, 0.15) is 0 Å². The van der Waals surface area contributed by atoms with Gasteiger partial charge < -0.3 is 15.5 Å². The fraction of sp³-hybridized carbons (Fsp3) is 0.938. The van der Waals surface area contributed by atoms with Crippen LogP contribution >= 0.6 is 24.0 Å². The Hall–Kier alpha value is -0.0400. The van der Waals surface area contributed by atoms with Gasteiger partial charge in [-0.05, 0) is 52.2 Å². The van der Waals surface area contributed by atoms with Crippen LogP contribution in [0.25, 0.3) is 0 Å². The summed E-state index contributed by atoms with van der Waals surface area (Å²) < 4.78 is 0. The molecule has 0 saturated carbocycles. The van der Waals surface area contributed by atoms with E-state index >= 15 is 0 Å². The molecule has 1 heterocycles. The van der Waals surface area contributed by atoms with Gasteiger partial charge in [-0.1, -0.05) is 26.2 Å². The first-order chi connectivity index (χ1) is 9.59. The third-order valence-corrected chi connectivity index (χ3v) is 4.14. The molecule has 0 aromatic heterocycles. The van der Waals surface area contributed by atoms with Crippen LogP contribution in [0.4, 0.5) is 0 Å². The Kier molecular flexibility index (Phi) is 12.5. The van der Waals surface area contributed by atoms with Gasteiger partial charge in [0.15, 0.2) is 5.96 Å². The molecule has 126 valence electrons. The number of likely N-dealkylation sites (tertiary alicyclic amines) is 1. The Labute approximate surface area is 148 Å². The molecule has 0 spiro atoms. The first kappa shape index (κ1) is 21.0. The standard InChI is InChI=1S/C16H34N4.HI/c1-15-9-13-20(14-10-15)16(17)18-11-7-5-4-6-8-12-19(2)3;/h15H,4-14H2,1-3H3,(H2,17,18);1H. The highest BCUT2D eigenvalue weighted by Gasteiger charge is 2.16. The van der Waals surface area contributed by atoms with Crippen molar-refractivity contribution in [2.24, 2.45) is 16.6 Å². The summed E-state index contributed by atoms with van der Waals surface area (Å²) in [5.74, 6) is 1.62. The number of nitrogens with two attached hydrogens (primary N) is 1. The van der Waals surface area contributed by atoms with Crippen LogP contribution in [0.2, 0.25) is 0 Å². The lowest BCUT2D eigenvalue weighted by molar-refractivity contribution is 0.277. The Morgan fingerprint density at radius 2 is 1.67 bits per heavy atom. The molecule has 0 unspecified atom stereocenters. The van der Waals surface area contributed by atoms with E-state index in [1.54, 1.807) is 0 Å². The van der Waals surface area contributed by atoms with Gasteiger partial charge in [0.05, 0.1) is 0 Å². The summed E-state index contributed by atoms with van der Waals surface area (Å²) in [4.78, 5) is 9.03. The number of guanidine groups is 1. The Bertz CT molecular complexity index is 273. The Morgan fingerprint density at radius 1 is 1.10 bits per heavy atom. The van der Waals surface area contributed by atoms with Crippen LogP contribution in [0.1, 0.15) is 51.9 Å². The molecule has 5 heteroatoms. The lowest BCUT2D eigenvalue weighted by Crippen LogP contribution is -2.42. The molecule has 1 saturated heterocycles. The summed E-state index contributed by atoms with van der Waals surface area (Å²) >= 11 is 0. The lowest BCUT2D eigenvalue weighted by atomic mass is 10.00. The zero-order chi connectivity index (χ0) is 14.8. The van der Waals surface area contributed by atoms with Crippen molar-refractivity contribution < 1.29 is 0 Å². The second-order valence-electron chi connectivity index (χ2n) is 6.48. The predicted octanol–water partition coefficient (Wildman–Crippen LogP) is 3.16. The van der Waals surface area contributed by atoms with Crippen molar-refractivity contribution in [2.45, 2.75) is 51.9 Å². The average Bonchev–Trinajstić information content (AvgIpc) is 2.42. The third kappa shape index (κ3) is 10.3. The maximum Gasteiger partial charge on any atom is 0.191 e. The van der Waals surface area contributed by atoms with Crippen molar-refractivity contribution in [3.63, 3.8) is 0 Å². The van der Waals surface area contributed by atoms with Gasteiger partial charge in [-0.25, -0.2) is 0 Å². The van der Waals surface area contributed by atoms with E-state index in [2.05, 4.69) is 35.8 Å². The van der Waals surface area contributed by atoms with Crippen LogP contribution in [0.15, 0.2) is 4.99 Å². The zero-order valence-electron chi connectivity index (χ0n) is 14.2. The summed E-state index contributed by atoms with van der Waals surface area (Å²) in [6, 6.07) is 0. The maximum atomic E-state index is 6.06. The topological polar surface area (TPSA) is 44.9 Å². The molecular formula is C16H35IN4. The summed E-state index contributed by atoms with van der Waals surface area (Å²) in [7, 11) is 4.28. The van der Waals surface area contributed by atoms with E-state index in [1.807, 2.05) is 0 Å². The molecule has 0 bridgehead atoms. The van der Waals surface area contributed by atoms with Crippen LogP contribution in [-0.4, -0.2) is 56.0 Å². The largest absolute Gasteiger partial charge is 0.370 e. The maximum absolute atomic E-state index is 6.06. The molecule has 1 fully saturated rings. The lowest BCUT2D eigenvalue weighted by Gasteiger charge is -2.31. The molecule has 1 aliphatic heterocycles. The monoisotopic (exact) mass is 410 g/mol. The number of aliphatic imine (C=N–C) groups is 1. The Balaban J connectivity index is 0.00000400. The molecule has 0 atom stereocenters. The molecule has 1 rings (SSSR count). The first-order valence-corrected chi connectivity index (χ1v) is 8.29. The van der Waals surface area contributed by atoms with Crippen molar-refractivity contribution >= 4 is 29.9 Å². The molecule has 0 radical (unpaired) electrons. The fourth-order valence-corrected chi connectivity index (χ4v) is 2.60. The molecule has 0 aromatic carbocycles. The molecule has 2 N–H and O–H groups in total. The number of hydrogen-bond acceptors (Lipinski definition) is 2. The van der Waals surface area contributed by atoms with Gasteiger partial charge in [0.25, 0.3) is 0 Å². The van der Waals surface area contributed by atoms with Crippen LogP contribution in [0.5, 0.6) is 0 Å². The smallest absolute Gasteiger partial charge is 0.191 e. The summed E-state index contributed by atoms with van der Waals surface area (Å²) in [6.45, 7) is 6.59. The number of rotatable bonds is 8. The van der Waals surface area contributed by atoms with E-state index < -0.39 is 0 Å².